The van der Waals surface area contributed by atoms with Gasteiger partial charge in [-0.2, -0.15) is 0 Å². The normalized spacial score (nSPS) is 20.5. The average molecular weight is 395 g/mol. The van der Waals surface area contributed by atoms with E-state index in [1.807, 2.05) is 24.3 Å². The smallest absolute Gasteiger partial charge is 0.256 e. The Kier molecular flexibility index (Phi) is 5.88. The van der Waals surface area contributed by atoms with Gasteiger partial charge in [0.15, 0.2) is 17.2 Å². The molecule has 27 heavy (non-hydrogen) atoms. The molecule has 1 aliphatic rings. The Hall–Kier alpha value is -1.90. The molecule has 1 aliphatic heterocycles. The van der Waals surface area contributed by atoms with Gasteiger partial charge in [-0.05, 0) is 32.9 Å². The van der Waals surface area contributed by atoms with Crippen molar-refractivity contribution in [1.29, 1.82) is 0 Å². The molecule has 0 saturated carbocycles. The third-order valence-electron chi connectivity index (χ3n) is 4.73. The number of likely N-dealkylation sites (tertiary alicyclic amines) is 1. The lowest BCUT2D eigenvalue weighted by atomic mass is 9.90. The van der Waals surface area contributed by atoms with Crippen LogP contribution < -0.4 is 0 Å². The Morgan fingerprint density at radius 2 is 2.19 bits per heavy atom. The standard InChI is InChI=1S/C19H23F2N3O2S/c1-13-22-15(11-27-13)10-23(2)12-19(26)7-4-8-24(18(19)25)9-14-5-3-6-16(20)17(14)21/h3,5-6,11,26H,4,7-10,12H2,1-2H3. The van der Waals surface area contributed by atoms with Crippen LogP contribution in [0.4, 0.5) is 8.78 Å². The minimum absolute atomic E-state index is 0.0558. The molecule has 2 aromatic rings. The van der Waals surface area contributed by atoms with Gasteiger partial charge in [-0.25, -0.2) is 13.8 Å². The van der Waals surface area contributed by atoms with E-state index in [1.54, 1.807) is 11.3 Å². The summed E-state index contributed by atoms with van der Waals surface area (Å²) in [4.78, 5) is 20.5. The van der Waals surface area contributed by atoms with Crippen LogP contribution in [0.2, 0.25) is 0 Å². The molecular formula is C19H23F2N3O2S. The van der Waals surface area contributed by atoms with Crippen molar-refractivity contribution >= 4 is 17.2 Å². The third-order valence-corrected chi connectivity index (χ3v) is 5.55. The zero-order chi connectivity index (χ0) is 19.6. The predicted octanol–water partition coefficient (Wildman–Crippen LogP) is 2.72. The first kappa shape index (κ1) is 19.9. The maximum atomic E-state index is 13.9. The van der Waals surface area contributed by atoms with Gasteiger partial charge in [0.25, 0.3) is 5.91 Å². The van der Waals surface area contributed by atoms with E-state index in [-0.39, 0.29) is 18.7 Å². The number of nitrogens with zero attached hydrogens (tertiary/aromatic N) is 3. The lowest BCUT2D eigenvalue weighted by Gasteiger charge is -2.40. The minimum Gasteiger partial charge on any atom is -0.379 e. The van der Waals surface area contributed by atoms with Crippen LogP contribution in [0.3, 0.4) is 0 Å². The molecule has 1 amide bonds. The van der Waals surface area contributed by atoms with Crippen molar-refractivity contribution in [3.05, 3.63) is 51.5 Å². The summed E-state index contributed by atoms with van der Waals surface area (Å²) < 4.78 is 27.4. The molecule has 1 aromatic carbocycles. The fraction of sp³-hybridized carbons (Fsp3) is 0.474. The summed E-state index contributed by atoms with van der Waals surface area (Å²) in [5.41, 5.74) is -0.536. The summed E-state index contributed by atoms with van der Waals surface area (Å²) in [5, 5.41) is 13.9. The molecule has 1 fully saturated rings. The maximum Gasteiger partial charge on any atom is 0.256 e. The number of aromatic nitrogens is 1. The second-order valence-electron chi connectivity index (χ2n) is 7.10. The van der Waals surface area contributed by atoms with Gasteiger partial charge in [0.2, 0.25) is 0 Å². The number of piperidine rings is 1. The highest BCUT2D eigenvalue weighted by Crippen LogP contribution is 2.26. The van der Waals surface area contributed by atoms with Crippen LogP contribution in [0.5, 0.6) is 0 Å². The number of likely N-dealkylation sites (N-methyl/N-ethyl adjacent to an activating group) is 1. The maximum absolute atomic E-state index is 13.9. The fourth-order valence-corrected chi connectivity index (χ4v) is 4.10. The lowest BCUT2D eigenvalue weighted by Crippen LogP contribution is -2.57. The van der Waals surface area contributed by atoms with Crippen LogP contribution in [0.25, 0.3) is 0 Å². The second-order valence-corrected chi connectivity index (χ2v) is 8.17. The molecule has 146 valence electrons. The van der Waals surface area contributed by atoms with E-state index in [4.69, 9.17) is 0 Å². The Morgan fingerprint density at radius 1 is 1.41 bits per heavy atom. The lowest BCUT2D eigenvalue weighted by molar-refractivity contribution is -0.160. The molecular weight excluding hydrogens is 372 g/mol. The van der Waals surface area contributed by atoms with Crippen molar-refractivity contribution in [2.24, 2.45) is 0 Å². The van der Waals surface area contributed by atoms with Gasteiger partial charge >= 0.3 is 0 Å². The molecule has 8 heteroatoms. The van der Waals surface area contributed by atoms with Crippen LogP contribution in [0, 0.1) is 18.6 Å². The number of carbonyl (C=O) groups excluding carboxylic acids is 1. The van der Waals surface area contributed by atoms with E-state index in [9.17, 15) is 18.7 Å². The zero-order valence-corrected chi connectivity index (χ0v) is 16.2. The van der Waals surface area contributed by atoms with Crippen molar-refractivity contribution < 1.29 is 18.7 Å². The number of hydrogen-bond acceptors (Lipinski definition) is 5. The molecule has 0 bridgehead atoms. The van der Waals surface area contributed by atoms with Crippen LogP contribution in [-0.2, 0) is 17.9 Å². The largest absolute Gasteiger partial charge is 0.379 e. The number of rotatable bonds is 6. The number of carbonyl (C=O) groups is 1. The van der Waals surface area contributed by atoms with E-state index in [0.29, 0.717) is 25.9 Å². The fourth-order valence-electron chi connectivity index (χ4n) is 3.50. The van der Waals surface area contributed by atoms with Gasteiger partial charge in [-0.1, -0.05) is 12.1 Å². The van der Waals surface area contributed by atoms with Gasteiger partial charge in [0.1, 0.15) is 0 Å². The van der Waals surface area contributed by atoms with E-state index < -0.39 is 23.1 Å². The first-order valence-electron chi connectivity index (χ1n) is 8.83. The summed E-state index contributed by atoms with van der Waals surface area (Å²) in [6.45, 7) is 2.96. The van der Waals surface area contributed by atoms with Crippen LogP contribution >= 0.6 is 11.3 Å². The first-order valence-corrected chi connectivity index (χ1v) is 9.71. The van der Waals surface area contributed by atoms with Gasteiger partial charge in [-0.15, -0.1) is 11.3 Å². The zero-order valence-electron chi connectivity index (χ0n) is 15.4. The number of benzene rings is 1. The topological polar surface area (TPSA) is 56.7 Å². The Bertz CT molecular complexity index is 829. The Morgan fingerprint density at radius 3 is 2.89 bits per heavy atom. The van der Waals surface area contributed by atoms with Crippen molar-refractivity contribution in [1.82, 2.24) is 14.8 Å². The highest BCUT2D eigenvalue weighted by molar-refractivity contribution is 7.09. The number of halogens is 2. The molecule has 0 aliphatic carbocycles. The number of hydrogen-bond donors (Lipinski definition) is 1. The van der Waals surface area contributed by atoms with Gasteiger partial charge in [-0.3, -0.25) is 9.69 Å². The molecule has 1 atom stereocenters. The molecule has 1 aromatic heterocycles. The quantitative estimate of drug-likeness (QED) is 0.817. The first-order chi connectivity index (χ1) is 12.8. The number of aryl methyl sites for hydroxylation is 1. The van der Waals surface area contributed by atoms with Crippen molar-refractivity contribution in [2.75, 3.05) is 20.1 Å². The molecule has 2 heterocycles. The molecule has 1 N–H and O–H groups in total. The van der Waals surface area contributed by atoms with E-state index in [2.05, 4.69) is 4.98 Å². The SMILES string of the molecule is Cc1nc(CN(C)CC2(O)CCCN(Cc3cccc(F)c3F)C2=O)cs1. The second kappa shape index (κ2) is 8.00. The van der Waals surface area contributed by atoms with Crippen molar-refractivity contribution in [2.45, 2.75) is 38.5 Å². The van der Waals surface area contributed by atoms with Crippen molar-refractivity contribution in [3.63, 3.8) is 0 Å². The summed E-state index contributed by atoms with van der Waals surface area (Å²) >= 11 is 1.55. The third kappa shape index (κ3) is 4.51. The predicted molar refractivity (Wildman–Crippen MR) is 99.1 cm³/mol. The minimum atomic E-state index is -1.54. The monoisotopic (exact) mass is 395 g/mol. The molecule has 3 rings (SSSR count). The Balaban J connectivity index is 1.68. The molecule has 0 spiro atoms. The van der Waals surface area contributed by atoms with E-state index in [1.165, 1.54) is 17.0 Å². The molecule has 1 saturated heterocycles. The summed E-state index contributed by atoms with van der Waals surface area (Å²) in [5.74, 6) is -2.33. The van der Waals surface area contributed by atoms with Crippen molar-refractivity contribution in [3.8, 4) is 0 Å². The number of aliphatic hydroxyl groups is 1. The molecule has 1 unspecified atom stereocenters. The van der Waals surface area contributed by atoms with Crippen LogP contribution in [0.15, 0.2) is 23.6 Å². The highest BCUT2D eigenvalue weighted by atomic mass is 32.1. The van der Waals surface area contributed by atoms with Crippen LogP contribution in [-0.4, -0.2) is 51.5 Å². The Labute approximate surface area is 161 Å². The number of amides is 1. The van der Waals surface area contributed by atoms with E-state index >= 15 is 0 Å². The highest BCUT2D eigenvalue weighted by Gasteiger charge is 2.43. The van der Waals surface area contributed by atoms with Crippen LogP contribution in [0.1, 0.15) is 29.1 Å². The average Bonchev–Trinajstić information content (AvgIpc) is 3.00. The van der Waals surface area contributed by atoms with Gasteiger partial charge < -0.3 is 10.0 Å². The van der Waals surface area contributed by atoms with E-state index in [0.717, 1.165) is 16.8 Å². The molecule has 5 nitrogen and oxygen atoms in total. The van der Waals surface area contributed by atoms with Gasteiger partial charge in [0, 0.05) is 37.1 Å². The summed E-state index contributed by atoms with van der Waals surface area (Å²) in [7, 11) is 1.82. The number of thiazole rings is 1. The molecule has 0 radical (unpaired) electrons. The summed E-state index contributed by atoms with van der Waals surface area (Å²) in [6.07, 6.45) is 0.942. The van der Waals surface area contributed by atoms with Gasteiger partial charge in [0.05, 0.1) is 10.7 Å². The summed E-state index contributed by atoms with van der Waals surface area (Å²) in [6, 6.07) is 3.91.